The van der Waals surface area contributed by atoms with Gasteiger partial charge in [-0.05, 0) is 43.4 Å². The van der Waals surface area contributed by atoms with Crippen molar-refractivity contribution in [3.63, 3.8) is 0 Å². The maximum atomic E-state index is 13.9. The first-order chi connectivity index (χ1) is 10.2. The Morgan fingerprint density at radius 3 is 2.68 bits per heavy atom. The molecule has 0 unspecified atom stereocenters. The van der Waals surface area contributed by atoms with Gasteiger partial charge in [0.15, 0.2) is 0 Å². The van der Waals surface area contributed by atoms with E-state index in [0.717, 1.165) is 56.6 Å². The Bertz CT molecular complexity index is 458. The van der Waals surface area contributed by atoms with Crippen LogP contribution in [0.3, 0.4) is 0 Å². The fourth-order valence-corrected chi connectivity index (χ4v) is 3.00. The Balaban J connectivity index is 0.00000242. The number of hydrogen-bond donors (Lipinski definition) is 1. The van der Waals surface area contributed by atoms with Crippen LogP contribution in [0.1, 0.15) is 42.9 Å². The summed E-state index contributed by atoms with van der Waals surface area (Å²) in [7, 11) is 0. The van der Waals surface area contributed by atoms with Gasteiger partial charge >= 0.3 is 0 Å². The van der Waals surface area contributed by atoms with Gasteiger partial charge in [-0.25, -0.2) is 4.39 Å². The Kier molecular flexibility index (Phi) is 8.69. The molecule has 1 N–H and O–H groups in total. The van der Waals surface area contributed by atoms with E-state index in [4.69, 9.17) is 0 Å². The maximum Gasteiger partial charge on any atom is 0.126 e. The van der Waals surface area contributed by atoms with Gasteiger partial charge in [0.1, 0.15) is 5.82 Å². The summed E-state index contributed by atoms with van der Waals surface area (Å²) in [6.45, 7) is 9.74. The van der Waals surface area contributed by atoms with Crippen LogP contribution in [0.5, 0.6) is 0 Å². The molecule has 0 amide bonds. The number of rotatable bonds is 7. The summed E-state index contributed by atoms with van der Waals surface area (Å²) in [5.41, 5.74) is 1.85. The van der Waals surface area contributed by atoms with Crippen molar-refractivity contribution in [2.75, 3.05) is 26.2 Å². The Labute approximate surface area is 140 Å². The highest BCUT2D eigenvalue weighted by Crippen LogP contribution is 2.28. The molecule has 0 saturated carbocycles. The summed E-state index contributed by atoms with van der Waals surface area (Å²) in [4.78, 5) is 2.49. The zero-order valence-electron chi connectivity index (χ0n) is 13.5. The van der Waals surface area contributed by atoms with E-state index in [1.807, 2.05) is 19.1 Å². The van der Waals surface area contributed by atoms with E-state index in [1.54, 1.807) is 6.07 Å². The minimum absolute atomic E-state index is 0. The molecule has 1 aliphatic heterocycles. The summed E-state index contributed by atoms with van der Waals surface area (Å²) in [5, 5.41) is 3.39. The molecule has 0 radical (unpaired) electrons. The number of piperazine rings is 1. The lowest BCUT2D eigenvalue weighted by Gasteiger charge is -2.35. The summed E-state index contributed by atoms with van der Waals surface area (Å²) < 4.78 is 13.9. The number of halogens is 2. The third-order valence-electron chi connectivity index (χ3n) is 4.31. The Hall–Kier alpha value is -0.900. The first kappa shape index (κ1) is 19.1. The quantitative estimate of drug-likeness (QED) is 0.595. The highest BCUT2D eigenvalue weighted by Gasteiger charge is 2.22. The van der Waals surface area contributed by atoms with Crippen molar-refractivity contribution in [2.24, 2.45) is 0 Å². The van der Waals surface area contributed by atoms with Crippen LogP contribution < -0.4 is 5.32 Å². The van der Waals surface area contributed by atoms with Crippen LogP contribution in [0.4, 0.5) is 4.39 Å². The number of nitrogens with zero attached hydrogens (tertiary/aromatic N) is 1. The number of nitrogens with one attached hydrogen (secondary N) is 1. The minimum Gasteiger partial charge on any atom is -0.314 e. The number of aryl methyl sites for hydroxylation is 1. The second-order valence-corrected chi connectivity index (χ2v) is 5.88. The van der Waals surface area contributed by atoms with Gasteiger partial charge in [-0.15, -0.1) is 19.0 Å². The maximum absolute atomic E-state index is 13.9. The van der Waals surface area contributed by atoms with Gasteiger partial charge in [-0.3, -0.25) is 4.90 Å². The predicted octanol–water partition coefficient (Wildman–Crippen LogP) is 4.25. The van der Waals surface area contributed by atoms with Gasteiger partial charge < -0.3 is 5.32 Å². The van der Waals surface area contributed by atoms with E-state index in [2.05, 4.69) is 22.9 Å². The molecule has 1 atom stereocenters. The van der Waals surface area contributed by atoms with Gasteiger partial charge in [-0.1, -0.05) is 24.6 Å². The van der Waals surface area contributed by atoms with E-state index >= 15 is 0 Å². The first-order valence-corrected chi connectivity index (χ1v) is 8.04. The molecule has 0 bridgehead atoms. The molecule has 0 spiro atoms. The summed E-state index contributed by atoms with van der Waals surface area (Å²) in [6, 6.07) is 6.07. The fraction of sp³-hybridized carbons (Fsp3) is 0.556. The van der Waals surface area contributed by atoms with Crippen LogP contribution in [-0.2, 0) is 0 Å². The van der Waals surface area contributed by atoms with Crippen molar-refractivity contribution in [1.29, 1.82) is 0 Å². The highest BCUT2D eigenvalue weighted by atomic mass is 35.5. The second-order valence-electron chi connectivity index (χ2n) is 5.88. The molecule has 1 aliphatic rings. The lowest BCUT2D eigenvalue weighted by molar-refractivity contribution is 0.162. The Morgan fingerprint density at radius 2 is 2.05 bits per heavy atom. The van der Waals surface area contributed by atoms with E-state index in [1.165, 1.54) is 6.42 Å². The van der Waals surface area contributed by atoms with Crippen molar-refractivity contribution < 1.29 is 4.39 Å². The molecule has 1 fully saturated rings. The average molecular weight is 327 g/mol. The summed E-state index contributed by atoms with van der Waals surface area (Å²) in [5.74, 6) is -0.0845. The van der Waals surface area contributed by atoms with Crippen LogP contribution in [0.2, 0.25) is 0 Å². The molecule has 0 aromatic heterocycles. The van der Waals surface area contributed by atoms with E-state index in [0.29, 0.717) is 6.04 Å². The molecule has 2 rings (SSSR count). The SMILES string of the molecule is C=CCCCC[C@H](c1ccc(C)c(F)c1)N1CCNCC1.Cl. The molecular weight excluding hydrogens is 299 g/mol. The smallest absolute Gasteiger partial charge is 0.126 e. The number of unbranched alkanes of at least 4 members (excludes halogenated alkanes) is 2. The van der Waals surface area contributed by atoms with Crippen molar-refractivity contribution in [1.82, 2.24) is 10.2 Å². The highest BCUT2D eigenvalue weighted by molar-refractivity contribution is 5.85. The van der Waals surface area contributed by atoms with Gasteiger partial charge in [0, 0.05) is 32.2 Å². The largest absolute Gasteiger partial charge is 0.314 e. The van der Waals surface area contributed by atoms with Gasteiger partial charge in [-0.2, -0.15) is 0 Å². The predicted molar refractivity (Wildman–Crippen MR) is 94.2 cm³/mol. The topological polar surface area (TPSA) is 15.3 Å². The molecule has 0 aliphatic carbocycles. The number of benzene rings is 1. The number of allylic oxidation sites excluding steroid dienone is 1. The zero-order chi connectivity index (χ0) is 15.1. The van der Waals surface area contributed by atoms with E-state index in [9.17, 15) is 4.39 Å². The van der Waals surface area contributed by atoms with E-state index < -0.39 is 0 Å². The van der Waals surface area contributed by atoms with Crippen molar-refractivity contribution >= 4 is 12.4 Å². The summed E-state index contributed by atoms with van der Waals surface area (Å²) >= 11 is 0. The molecule has 4 heteroatoms. The second kappa shape index (κ2) is 9.98. The van der Waals surface area contributed by atoms with Crippen LogP contribution in [0.25, 0.3) is 0 Å². The average Bonchev–Trinajstić information content (AvgIpc) is 2.51. The molecule has 124 valence electrons. The lowest BCUT2D eigenvalue weighted by Crippen LogP contribution is -2.45. The van der Waals surface area contributed by atoms with Crippen LogP contribution in [-0.4, -0.2) is 31.1 Å². The van der Waals surface area contributed by atoms with Crippen LogP contribution in [0, 0.1) is 12.7 Å². The van der Waals surface area contributed by atoms with Crippen molar-refractivity contribution in [3.8, 4) is 0 Å². The van der Waals surface area contributed by atoms with Crippen LogP contribution >= 0.6 is 12.4 Å². The third-order valence-corrected chi connectivity index (χ3v) is 4.31. The Morgan fingerprint density at radius 1 is 1.32 bits per heavy atom. The number of hydrogen-bond acceptors (Lipinski definition) is 2. The molecule has 1 aromatic rings. The van der Waals surface area contributed by atoms with Crippen LogP contribution in [0.15, 0.2) is 30.9 Å². The van der Waals surface area contributed by atoms with Crippen molar-refractivity contribution in [3.05, 3.63) is 47.8 Å². The molecular formula is C18H28ClFN2. The molecule has 1 saturated heterocycles. The molecule has 1 heterocycles. The van der Waals surface area contributed by atoms with Gasteiger partial charge in [0.25, 0.3) is 0 Å². The lowest BCUT2D eigenvalue weighted by atomic mass is 9.97. The fourth-order valence-electron chi connectivity index (χ4n) is 3.00. The molecule has 1 aromatic carbocycles. The van der Waals surface area contributed by atoms with Crippen molar-refractivity contribution in [2.45, 2.75) is 38.6 Å². The standard InChI is InChI=1S/C18H27FN2.ClH/c1-3-4-5-6-7-18(21-12-10-20-11-13-21)16-9-8-15(2)17(19)14-16;/h3,8-9,14,18,20H,1,4-7,10-13H2,2H3;1H/t18-;/m1./s1. The first-order valence-electron chi connectivity index (χ1n) is 8.04. The zero-order valence-corrected chi connectivity index (χ0v) is 14.3. The monoisotopic (exact) mass is 326 g/mol. The molecule has 22 heavy (non-hydrogen) atoms. The van der Waals surface area contributed by atoms with Gasteiger partial charge in [0.2, 0.25) is 0 Å². The van der Waals surface area contributed by atoms with E-state index in [-0.39, 0.29) is 18.2 Å². The third kappa shape index (κ3) is 5.38. The summed E-state index contributed by atoms with van der Waals surface area (Å²) in [6.07, 6.45) is 6.47. The minimum atomic E-state index is -0.0845. The normalized spacial score (nSPS) is 16.8. The molecule has 2 nitrogen and oxygen atoms in total. The van der Waals surface area contributed by atoms with Gasteiger partial charge in [0.05, 0.1) is 0 Å².